The van der Waals surface area contributed by atoms with Crippen molar-refractivity contribution in [2.75, 3.05) is 30.6 Å². The van der Waals surface area contributed by atoms with Crippen LogP contribution in [0.1, 0.15) is 93.6 Å². The predicted molar refractivity (Wildman–Crippen MR) is 254 cm³/mol. The van der Waals surface area contributed by atoms with E-state index in [1.54, 1.807) is 33.8 Å². The van der Waals surface area contributed by atoms with Crippen LogP contribution in [0.15, 0.2) is 91.3 Å². The van der Waals surface area contributed by atoms with Crippen molar-refractivity contribution in [1.82, 2.24) is 9.97 Å². The summed E-state index contributed by atoms with van der Waals surface area (Å²) >= 11 is 11.9. The summed E-state index contributed by atoms with van der Waals surface area (Å²) in [6.07, 6.45) is 2.41. The molecular formula is C49H59Cl2F4N5O6. The number of rotatable bonds is 9. The van der Waals surface area contributed by atoms with Crippen LogP contribution >= 0.6 is 23.2 Å². The van der Waals surface area contributed by atoms with Crippen LogP contribution in [0.4, 0.5) is 34.6 Å². The van der Waals surface area contributed by atoms with Gasteiger partial charge in [-0.15, -0.1) is 0 Å². The minimum atomic E-state index is -3.67. The van der Waals surface area contributed by atoms with Gasteiger partial charge in [-0.3, -0.25) is 14.4 Å². The van der Waals surface area contributed by atoms with Gasteiger partial charge in [0.2, 0.25) is 29.4 Å². The average Bonchev–Trinajstić information content (AvgIpc) is 3.22. The number of hydrogen-bond donors (Lipinski definition) is 4. The number of nitrogen functional groups attached to an aromatic ring is 1. The van der Waals surface area contributed by atoms with Crippen molar-refractivity contribution >= 4 is 57.9 Å². The number of alkyl halides is 4. The first-order valence-corrected chi connectivity index (χ1v) is 21.1. The zero-order valence-corrected chi connectivity index (χ0v) is 40.9. The van der Waals surface area contributed by atoms with Gasteiger partial charge < -0.3 is 30.9 Å². The van der Waals surface area contributed by atoms with E-state index in [9.17, 15) is 37.1 Å². The molecule has 1 atom stereocenters. The minimum absolute atomic E-state index is 0.0429. The normalized spacial score (nSPS) is 12.3. The summed E-state index contributed by atoms with van der Waals surface area (Å²) in [6.45, 7) is 17.6. The third-order valence-electron chi connectivity index (χ3n) is 9.33. The number of aliphatic hydroxyl groups is 1. The number of amides is 2. The summed E-state index contributed by atoms with van der Waals surface area (Å²) in [5.74, 6) is -8.97. The van der Waals surface area contributed by atoms with Crippen molar-refractivity contribution in [3.63, 3.8) is 0 Å². The van der Waals surface area contributed by atoms with Crippen molar-refractivity contribution in [2.45, 2.75) is 93.6 Å². The Bertz CT molecular complexity index is 2410. The van der Waals surface area contributed by atoms with Gasteiger partial charge in [-0.1, -0.05) is 118 Å². The number of ether oxygens (including phenoxy) is 2. The van der Waals surface area contributed by atoms with Crippen molar-refractivity contribution in [2.24, 2.45) is 10.8 Å². The molecule has 5 rings (SSSR count). The molecular weight excluding hydrogens is 901 g/mol. The monoisotopic (exact) mass is 959 g/mol. The molecule has 0 radical (unpaired) electrons. The van der Waals surface area contributed by atoms with Gasteiger partial charge in [0.25, 0.3) is 5.92 Å². The lowest BCUT2D eigenvalue weighted by Gasteiger charge is -2.37. The van der Waals surface area contributed by atoms with Gasteiger partial charge in [0, 0.05) is 70.8 Å². The van der Waals surface area contributed by atoms with Crippen LogP contribution in [0.2, 0.25) is 10.0 Å². The number of aromatic nitrogens is 2. The van der Waals surface area contributed by atoms with Gasteiger partial charge in [0.05, 0.1) is 14.2 Å². The first-order chi connectivity index (χ1) is 30.3. The van der Waals surface area contributed by atoms with Crippen LogP contribution < -0.4 is 25.8 Å². The van der Waals surface area contributed by atoms with E-state index < -0.39 is 28.6 Å². The maximum Gasteiger partial charge on any atom is 0.307 e. The molecule has 0 aliphatic carbocycles. The number of ketones is 1. The highest BCUT2D eigenvalue weighted by molar-refractivity contribution is 6.35. The number of Topliss-reactive ketones (excluding diaryl/α,β-unsaturated/α-hetero) is 1. The Balaban J connectivity index is 0.000000338. The summed E-state index contributed by atoms with van der Waals surface area (Å²) in [4.78, 5) is 42.9. The lowest BCUT2D eigenvalue weighted by Crippen LogP contribution is -2.45. The Morgan fingerprint density at radius 1 is 0.621 bits per heavy atom. The molecule has 3 aromatic carbocycles. The number of carbonyl (C=O) groups is 3. The number of methoxy groups -OCH3 is 2. The molecule has 5 N–H and O–H groups in total. The molecule has 0 saturated carbocycles. The van der Waals surface area contributed by atoms with Gasteiger partial charge in [-0.2, -0.15) is 8.78 Å². The van der Waals surface area contributed by atoms with Gasteiger partial charge in [-0.25, -0.2) is 18.7 Å². The van der Waals surface area contributed by atoms with Gasteiger partial charge in [0.1, 0.15) is 10.0 Å². The van der Waals surface area contributed by atoms with Crippen LogP contribution in [0, 0.1) is 31.6 Å². The number of hydrogen-bond acceptors (Lipinski definition) is 9. The number of aryl methyl sites for hydroxylation is 3. The summed E-state index contributed by atoms with van der Waals surface area (Å²) in [5, 5.41) is 16.5. The van der Waals surface area contributed by atoms with Crippen molar-refractivity contribution in [1.29, 1.82) is 0 Å². The fraction of sp³-hybridized carbons (Fsp3) is 0.367. The van der Waals surface area contributed by atoms with Crippen LogP contribution in [-0.2, 0) is 15.2 Å². The summed E-state index contributed by atoms with van der Waals surface area (Å²) in [5.41, 5.74) is 5.51. The quantitative estimate of drug-likeness (QED) is 0.0639. The summed E-state index contributed by atoms with van der Waals surface area (Å²) in [7, 11) is 2.58. The lowest BCUT2D eigenvalue weighted by atomic mass is 9.80. The molecule has 2 aromatic heterocycles. The zero-order chi connectivity index (χ0) is 50.6. The molecule has 1 unspecified atom stereocenters. The third-order valence-corrected chi connectivity index (χ3v) is 10.1. The Morgan fingerprint density at radius 3 is 1.50 bits per heavy atom. The fourth-order valence-corrected chi connectivity index (χ4v) is 5.94. The standard InChI is InChI=1S/C21H25ClF2N2O3.C12H17NO.C9H8ClF2NO2.C7H9N/c1-12-7-8-15(26-18(27)19(2,3)4)14(11-12)21(28,20(5,23)24)13-9-10-25-17(29-6)16(13)22;1-9-5-7-10(8-6-9)13-11(14)12(2,3)4;1-9(11,12)7(14)5-3-4-13-8(15-2)6(5)10;1-6-2-4-7(8)5-3-6/h7-11,28H,1-6H3,(H,26,27);5-8H,1-4H3,(H,13,14);3-4H,1-2H3;2-5H,8H2,1H3. The second-order valence-electron chi connectivity index (χ2n) is 17.4. The van der Waals surface area contributed by atoms with Crippen LogP contribution in [0.3, 0.4) is 0 Å². The van der Waals surface area contributed by atoms with Gasteiger partial charge >= 0.3 is 5.92 Å². The molecule has 66 heavy (non-hydrogen) atoms. The zero-order valence-electron chi connectivity index (χ0n) is 39.4. The minimum Gasteiger partial charge on any atom is -0.480 e. The molecule has 2 heterocycles. The summed E-state index contributed by atoms with van der Waals surface area (Å²) < 4.78 is 65.1. The SMILES string of the molecule is COc1nccc(C(=O)C(C)(F)F)c1Cl.COc1nccc(C(O)(c2cc(C)ccc2NC(=O)C(C)(C)C)C(C)(F)F)c1Cl.Cc1ccc(N)cc1.Cc1ccc(NC(=O)C(C)(C)C)cc1. The lowest BCUT2D eigenvalue weighted by molar-refractivity contribution is -0.151. The highest BCUT2D eigenvalue weighted by Gasteiger charge is 2.54. The molecule has 0 aliphatic rings. The van der Waals surface area contributed by atoms with E-state index in [4.69, 9.17) is 38.4 Å². The molecule has 2 amide bonds. The van der Waals surface area contributed by atoms with Crippen molar-refractivity contribution < 1.29 is 46.5 Å². The maximum atomic E-state index is 15.0. The van der Waals surface area contributed by atoms with E-state index in [1.165, 1.54) is 55.9 Å². The van der Waals surface area contributed by atoms with E-state index in [-0.39, 0.29) is 61.4 Å². The first kappa shape index (κ1) is 56.4. The predicted octanol–water partition coefficient (Wildman–Crippen LogP) is 12.1. The molecule has 0 saturated heterocycles. The molecule has 0 fully saturated rings. The largest absolute Gasteiger partial charge is 0.480 e. The number of nitrogens with zero attached hydrogens (tertiary/aromatic N) is 2. The Morgan fingerprint density at radius 2 is 1.06 bits per heavy atom. The molecule has 0 bridgehead atoms. The maximum absolute atomic E-state index is 15.0. The van der Waals surface area contributed by atoms with E-state index in [2.05, 4.69) is 20.6 Å². The number of anilines is 3. The van der Waals surface area contributed by atoms with E-state index in [0.717, 1.165) is 17.4 Å². The number of halogens is 6. The Hall–Kier alpha value is -5.77. The highest BCUT2D eigenvalue weighted by Crippen LogP contribution is 2.49. The fourth-order valence-electron chi connectivity index (χ4n) is 5.34. The number of nitrogens with two attached hydrogens (primary N) is 1. The van der Waals surface area contributed by atoms with Crippen LogP contribution in [0.5, 0.6) is 11.8 Å². The molecule has 17 heteroatoms. The number of pyridine rings is 2. The second-order valence-corrected chi connectivity index (χ2v) is 18.2. The highest BCUT2D eigenvalue weighted by atomic mass is 35.5. The number of carbonyl (C=O) groups excluding carboxylic acids is 3. The van der Waals surface area contributed by atoms with Crippen LogP contribution in [-0.4, -0.2) is 58.7 Å². The van der Waals surface area contributed by atoms with E-state index in [1.807, 2.05) is 83.1 Å². The second kappa shape index (κ2) is 23.1. The third kappa shape index (κ3) is 15.7. The van der Waals surface area contributed by atoms with Crippen molar-refractivity contribution in [3.05, 3.63) is 135 Å². The van der Waals surface area contributed by atoms with Crippen molar-refractivity contribution in [3.8, 4) is 11.8 Å². The van der Waals surface area contributed by atoms with Gasteiger partial charge in [-0.05, 0) is 63.2 Å². The first-order valence-electron chi connectivity index (χ1n) is 20.3. The molecule has 0 aliphatic heterocycles. The van der Waals surface area contributed by atoms with Gasteiger partial charge in [0.15, 0.2) is 5.60 Å². The van der Waals surface area contributed by atoms with Crippen LogP contribution in [0.25, 0.3) is 0 Å². The molecule has 0 spiro atoms. The number of nitrogens with one attached hydrogen (secondary N) is 2. The molecule has 5 aromatic rings. The average molecular weight is 961 g/mol. The topological polar surface area (TPSA) is 166 Å². The summed E-state index contributed by atoms with van der Waals surface area (Å²) in [6, 6.07) is 22.5. The van der Waals surface area contributed by atoms with E-state index in [0.29, 0.717) is 19.4 Å². The number of benzene rings is 3. The van der Waals surface area contributed by atoms with E-state index >= 15 is 0 Å². The Kier molecular flexibility index (Phi) is 19.7. The smallest absolute Gasteiger partial charge is 0.307 e. The molecule has 11 nitrogen and oxygen atoms in total. The molecule has 358 valence electrons. The Labute approximate surface area is 394 Å².